The van der Waals surface area contributed by atoms with Gasteiger partial charge in [0.1, 0.15) is 6.17 Å². The van der Waals surface area contributed by atoms with Gasteiger partial charge in [-0.05, 0) is 13.5 Å². The second-order valence-electron chi connectivity index (χ2n) is 3.04. The molecule has 0 spiro atoms. The summed E-state index contributed by atoms with van der Waals surface area (Å²) in [4.78, 5) is 2.18. The van der Waals surface area contributed by atoms with Gasteiger partial charge in [0.25, 0.3) is 0 Å². The maximum absolute atomic E-state index is 12.7. The Kier molecular flexibility index (Phi) is 2.06. The molecule has 1 nitrogen and oxygen atoms in total. The van der Waals surface area contributed by atoms with E-state index in [1.165, 1.54) is 0 Å². The molecule has 0 aromatic heterocycles. The SMILES string of the molecule is C[C@@H]1CN(C)CC[C@H]1F. The number of hydrogen-bond acceptors (Lipinski definition) is 1. The van der Waals surface area contributed by atoms with Gasteiger partial charge in [-0.25, -0.2) is 4.39 Å². The average Bonchev–Trinajstić information content (AvgIpc) is 1.80. The van der Waals surface area contributed by atoms with Gasteiger partial charge in [-0.2, -0.15) is 0 Å². The van der Waals surface area contributed by atoms with Crippen LogP contribution in [0.4, 0.5) is 4.39 Å². The molecule has 1 aliphatic heterocycles. The summed E-state index contributed by atoms with van der Waals surface area (Å²) in [7, 11) is 2.04. The van der Waals surface area contributed by atoms with E-state index in [0.29, 0.717) is 0 Å². The molecule has 0 aromatic rings. The predicted molar refractivity (Wildman–Crippen MR) is 36.2 cm³/mol. The van der Waals surface area contributed by atoms with E-state index in [2.05, 4.69) is 4.90 Å². The maximum Gasteiger partial charge on any atom is 0.105 e. The zero-order valence-corrected chi connectivity index (χ0v) is 6.10. The van der Waals surface area contributed by atoms with Crippen LogP contribution in [0, 0.1) is 5.92 Å². The molecular formula is C7H14FN. The lowest BCUT2D eigenvalue weighted by Gasteiger charge is -2.29. The molecule has 2 atom stereocenters. The first kappa shape index (κ1) is 7.00. The maximum atomic E-state index is 12.7. The lowest BCUT2D eigenvalue weighted by molar-refractivity contribution is 0.116. The van der Waals surface area contributed by atoms with Crippen molar-refractivity contribution in [3.8, 4) is 0 Å². The van der Waals surface area contributed by atoms with Gasteiger partial charge in [0, 0.05) is 19.0 Å². The van der Waals surface area contributed by atoms with Crippen LogP contribution in [-0.2, 0) is 0 Å². The normalized spacial score (nSPS) is 39.0. The van der Waals surface area contributed by atoms with E-state index in [0.717, 1.165) is 19.5 Å². The van der Waals surface area contributed by atoms with Crippen LogP contribution >= 0.6 is 0 Å². The molecule has 54 valence electrons. The summed E-state index contributed by atoms with van der Waals surface area (Å²) in [5.74, 6) is 0.240. The van der Waals surface area contributed by atoms with Crippen LogP contribution < -0.4 is 0 Å². The van der Waals surface area contributed by atoms with Crippen LogP contribution in [0.25, 0.3) is 0 Å². The second-order valence-corrected chi connectivity index (χ2v) is 3.04. The molecule has 0 radical (unpaired) electrons. The summed E-state index contributed by atoms with van der Waals surface area (Å²) in [6, 6.07) is 0. The fraction of sp³-hybridized carbons (Fsp3) is 1.00. The van der Waals surface area contributed by atoms with Crippen LogP contribution in [0.5, 0.6) is 0 Å². The Bertz CT molecular complexity index is 94.9. The molecular weight excluding hydrogens is 117 g/mol. The molecule has 1 rings (SSSR count). The standard InChI is InChI=1S/C7H14FN/c1-6-5-9(2)4-3-7(6)8/h6-7H,3-5H2,1-2H3/t6-,7-/m1/s1. The highest BCUT2D eigenvalue weighted by Crippen LogP contribution is 2.17. The monoisotopic (exact) mass is 131 g/mol. The number of likely N-dealkylation sites (tertiary alicyclic amines) is 1. The highest BCUT2D eigenvalue weighted by molar-refractivity contribution is 4.74. The third-order valence-electron chi connectivity index (χ3n) is 2.00. The van der Waals surface area contributed by atoms with E-state index in [1.807, 2.05) is 14.0 Å². The number of nitrogens with zero attached hydrogens (tertiary/aromatic N) is 1. The molecule has 0 aliphatic carbocycles. The van der Waals surface area contributed by atoms with Gasteiger partial charge in [0.05, 0.1) is 0 Å². The quantitative estimate of drug-likeness (QED) is 0.479. The first-order chi connectivity index (χ1) is 4.20. The molecule has 0 aromatic carbocycles. The van der Waals surface area contributed by atoms with Crippen molar-refractivity contribution in [2.75, 3.05) is 20.1 Å². The van der Waals surface area contributed by atoms with Gasteiger partial charge in [-0.3, -0.25) is 0 Å². The number of hydrogen-bond donors (Lipinski definition) is 0. The van der Waals surface area contributed by atoms with Gasteiger partial charge in [0.2, 0.25) is 0 Å². The summed E-state index contributed by atoms with van der Waals surface area (Å²) in [5, 5.41) is 0. The molecule has 0 bridgehead atoms. The van der Waals surface area contributed by atoms with Gasteiger partial charge in [-0.15, -0.1) is 0 Å². The fourth-order valence-electron chi connectivity index (χ4n) is 1.33. The third kappa shape index (κ3) is 1.65. The molecule has 1 saturated heterocycles. The van der Waals surface area contributed by atoms with E-state index in [1.54, 1.807) is 0 Å². The highest BCUT2D eigenvalue weighted by atomic mass is 19.1. The van der Waals surface area contributed by atoms with Crippen molar-refractivity contribution >= 4 is 0 Å². The molecule has 0 N–H and O–H groups in total. The smallest absolute Gasteiger partial charge is 0.105 e. The Hall–Kier alpha value is -0.110. The summed E-state index contributed by atoms with van der Waals surface area (Å²) in [6.45, 7) is 3.81. The largest absolute Gasteiger partial charge is 0.306 e. The summed E-state index contributed by atoms with van der Waals surface area (Å²) < 4.78 is 12.7. The molecule has 1 aliphatic rings. The van der Waals surface area contributed by atoms with Crippen LogP contribution in [0.15, 0.2) is 0 Å². The molecule has 9 heavy (non-hydrogen) atoms. The lowest BCUT2D eigenvalue weighted by Crippen LogP contribution is -2.37. The molecule has 0 amide bonds. The minimum Gasteiger partial charge on any atom is -0.306 e. The van der Waals surface area contributed by atoms with E-state index >= 15 is 0 Å². The summed E-state index contributed by atoms with van der Waals surface area (Å²) in [5.41, 5.74) is 0. The summed E-state index contributed by atoms with van der Waals surface area (Å²) in [6.07, 6.45) is 0.165. The van der Waals surface area contributed by atoms with Crippen molar-refractivity contribution in [3.05, 3.63) is 0 Å². The predicted octanol–water partition coefficient (Wildman–Crippen LogP) is 1.30. The van der Waals surface area contributed by atoms with E-state index in [4.69, 9.17) is 0 Å². The van der Waals surface area contributed by atoms with E-state index in [-0.39, 0.29) is 5.92 Å². The molecule has 0 saturated carbocycles. The van der Waals surface area contributed by atoms with Crippen LogP contribution in [0.2, 0.25) is 0 Å². The zero-order chi connectivity index (χ0) is 6.85. The van der Waals surface area contributed by atoms with Crippen LogP contribution in [0.3, 0.4) is 0 Å². The first-order valence-electron chi connectivity index (χ1n) is 3.53. The lowest BCUT2D eigenvalue weighted by atomic mass is 9.99. The Morgan fingerprint density at radius 2 is 2.22 bits per heavy atom. The summed E-state index contributed by atoms with van der Waals surface area (Å²) >= 11 is 0. The van der Waals surface area contributed by atoms with Gasteiger partial charge >= 0.3 is 0 Å². The van der Waals surface area contributed by atoms with Crippen molar-refractivity contribution < 1.29 is 4.39 Å². The van der Waals surface area contributed by atoms with Crippen molar-refractivity contribution in [2.45, 2.75) is 19.5 Å². The molecule has 2 heteroatoms. The number of alkyl halides is 1. The number of piperidine rings is 1. The number of rotatable bonds is 0. The minimum atomic E-state index is -0.554. The Labute approximate surface area is 55.8 Å². The van der Waals surface area contributed by atoms with Crippen LogP contribution in [-0.4, -0.2) is 31.2 Å². The molecule has 1 heterocycles. The molecule has 0 unspecified atom stereocenters. The van der Waals surface area contributed by atoms with Crippen molar-refractivity contribution in [1.82, 2.24) is 4.90 Å². The van der Waals surface area contributed by atoms with E-state index in [9.17, 15) is 4.39 Å². The van der Waals surface area contributed by atoms with Gasteiger partial charge < -0.3 is 4.90 Å². The van der Waals surface area contributed by atoms with Crippen molar-refractivity contribution in [1.29, 1.82) is 0 Å². The van der Waals surface area contributed by atoms with E-state index < -0.39 is 6.17 Å². The van der Waals surface area contributed by atoms with Crippen molar-refractivity contribution in [2.24, 2.45) is 5.92 Å². The van der Waals surface area contributed by atoms with Crippen molar-refractivity contribution in [3.63, 3.8) is 0 Å². The Balaban J connectivity index is 2.35. The minimum absolute atomic E-state index is 0.240. The zero-order valence-electron chi connectivity index (χ0n) is 6.10. The van der Waals surface area contributed by atoms with Crippen LogP contribution in [0.1, 0.15) is 13.3 Å². The van der Waals surface area contributed by atoms with Gasteiger partial charge in [-0.1, -0.05) is 6.92 Å². The molecule has 1 fully saturated rings. The third-order valence-corrected chi connectivity index (χ3v) is 2.00. The Morgan fingerprint density at radius 3 is 2.67 bits per heavy atom. The first-order valence-corrected chi connectivity index (χ1v) is 3.53. The highest BCUT2D eigenvalue weighted by Gasteiger charge is 2.22. The average molecular weight is 131 g/mol. The fourth-order valence-corrected chi connectivity index (χ4v) is 1.33. The topological polar surface area (TPSA) is 3.24 Å². The Morgan fingerprint density at radius 1 is 1.56 bits per heavy atom. The number of halogens is 1. The van der Waals surface area contributed by atoms with Gasteiger partial charge in [0.15, 0.2) is 0 Å². The second kappa shape index (κ2) is 2.65.